The molecule has 1 aromatic carbocycles. The molecule has 1 N–H and O–H groups in total. The lowest BCUT2D eigenvalue weighted by atomic mass is 10.3. The lowest BCUT2D eigenvalue weighted by Crippen LogP contribution is -2.50. The van der Waals surface area contributed by atoms with E-state index in [0.717, 1.165) is 0 Å². The molecule has 1 aliphatic heterocycles. The van der Waals surface area contributed by atoms with Crippen LogP contribution in [0.4, 0.5) is 5.95 Å². The number of nitrogens with zero attached hydrogens (tertiary/aromatic N) is 4. The number of amides is 1. The minimum absolute atomic E-state index is 0.0220. The standard InChI is InChI=1S/C20H27N5O5S/c1-29-17-5-2-6-18(15-17)30-16-19(26)21-9-4-14-31(27,28)25-12-10-24(11-13-25)20-22-7-3-8-23-20/h2-3,5-8,15H,4,9-14,16H2,1H3,(H,21,26). The Morgan fingerprint density at radius 3 is 2.52 bits per heavy atom. The number of methoxy groups -OCH3 is 1. The van der Waals surface area contributed by atoms with Gasteiger partial charge in [-0.05, 0) is 24.6 Å². The molecule has 0 spiro atoms. The number of rotatable bonds is 10. The Hall–Kier alpha value is -2.92. The van der Waals surface area contributed by atoms with E-state index in [4.69, 9.17) is 9.47 Å². The monoisotopic (exact) mass is 449 g/mol. The summed E-state index contributed by atoms with van der Waals surface area (Å²) < 4.78 is 37.1. The fourth-order valence-corrected chi connectivity index (χ4v) is 4.61. The molecule has 10 nitrogen and oxygen atoms in total. The first kappa shape index (κ1) is 22.8. The van der Waals surface area contributed by atoms with E-state index in [1.165, 1.54) is 4.31 Å². The van der Waals surface area contributed by atoms with Crippen molar-refractivity contribution in [3.8, 4) is 11.5 Å². The first-order valence-corrected chi connectivity index (χ1v) is 11.6. The summed E-state index contributed by atoms with van der Waals surface area (Å²) in [5, 5.41) is 2.68. The van der Waals surface area contributed by atoms with Crippen LogP contribution in [0.3, 0.4) is 0 Å². The Morgan fingerprint density at radius 1 is 1.10 bits per heavy atom. The summed E-state index contributed by atoms with van der Waals surface area (Å²) in [5.74, 6) is 1.44. The van der Waals surface area contributed by atoms with Gasteiger partial charge in [0, 0.05) is 51.2 Å². The number of hydrogen-bond donors (Lipinski definition) is 1. The predicted molar refractivity (Wildman–Crippen MR) is 116 cm³/mol. The van der Waals surface area contributed by atoms with Crippen LogP contribution in [0, 0.1) is 0 Å². The van der Waals surface area contributed by atoms with Gasteiger partial charge in [0.05, 0.1) is 12.9 Å². The topological polar surface area (TPSA) is 114 Å². The van der Waals surface area contributed by atoms with Crippen LogP contribution in [0.2, 0.25) is 0 Å². The average molecular weight is 450 g/mol. The average Bonchev–Trinajstić information content (AvgIpc) is 2.81. The minimum Gasteiger partial charge on any atom is -0.497 e. The van der Waals surface area contributed by atoms with Crippen LogP contribution in [-0.4, -0.2) is 80.8 Å². The Bertz CT molecular complexity index is 949. The lowest BCUT2D eigenvalue weighted by molar-refractivity contribution is -0.123. The first-order chi connectivity index (χ1) is 15.0. The number of hydrogen-bond acceptors (Lipinski definition) is 8. The number of anilines is 1. The molecule has 1 saturated heterocycles. The second kappa shape index (κ2) is 10.9. The van der Waals surface area contributed by atoms with Gasteiger partial charge in [0.25, 0.3) is 5.91 Å². The van der Waals surface area contributed by atoms with Crippen molar-refractivity contribution >= 4 is 21.9 Å². The predicted octanol–water partition coefficient (Wildman–Crippen LogP) is 0.522. The summed E-state index contributed by atoms with van der Waals surface area (Å²) in [5.41, 5.74) is 0. The Morgan fingerprint density at radius 2 is 1.81 bits per heavy atom. The lowest BCUT2D eigenvalue weighted by Gasteiger charge is -2.33. The van der Waals surface area contributed by atoms with Gasteiger partial charge in [0.2, 0.25) is 16.0 Å². The zero-order valence-corrected chi connectivity index (χ0v) is 18.3. The van der Waals surface area contributed by atoms with E-state index in [0.29, 0.717) is 50.0 Å². The molecule has 1 aromatic heterocycles. The van der Waals surface area contributed by atoms with Crippen molar-refractivity contribution in [2.75, 3.05) is 57.1 Å². The Kier molecular flexibility index (Phi) is 8.01. The summed E-state index contributed by atoms with van der Waals surface area (Å²) in [6.07, 6.45) is 3.66. The third-order valence-corrected chi connectivity index (χ3v) is 6.74. The van der Waals surface area contributed by atoms with Gasteiger partial charge in [-0.25, -0.2) is 18.4 Å². The maximum Gasteiger partial charge on any atom is 0.257 e. The fourth-order valence-electron chi connectivity index (χ4n) is 3.12. The fraction of sp³-hybridized carbons (Fsp3) is 0.450. The van der Waals surface area contributed by atoms with Crippen molar-refractivity contribution in [2.24, 2.45) is 0 Å². The zero-order valence-electron chi connectivity index (χ0n) is 17.4. The van der Waals surface area contributed by atoms with Gasteiger partial charge in [0.15, 0.2) is 6.61 Å². The SMILES string of the molecule is COc1cccc(OCC(=O)NCCCS(=O)(=O)N2CCN(c3ncccn3)CC2)c1. The van der Waals surface area contributed by atoms with E-state index < -0.39 is 10.0 Å². The molecule has 1 fully saturated rings. The highest BCUT2D eigenvalue weighted by atomic mass is 32.2. The van der Waals surface area contributed by atoms with Crippen molar-refractivity contribution in [3.05, 3.63) is 42.7 Å². The van der Waals surface area contributed by atoms with Gasteiger partial charge < -0.3 is 19.7 Å². The molecule has 2 aromatic rings. The van der Waals surface area contributed by atoms with Crippen molar-refractivity contribution in [1.82, 2.24) is 19.6 Å². The quantitative estimate of drug-likeness (QED) is 0.523. The molecule has 0 saturated carbocycles. The van der Waals surface area contributed by atoms with E-state index in [9.17, 15) is 13.2 Å². The summed E-state index contributed by atoms with van der Waals surface area (Å²) in [6, 6.07) is 8.70. The van der Waals surface area contributed by atoms with Gasteiger partial charge in [-0.15, -0.1) is 0 Å². The van der Waals surface area contributed by atoms with Crippen LogP contribution in [0.5, 0.6) is 11.5 Å². The van der Waals surface area contributed by atoms with Crippen LogP contribution in [0.1, 0.15) is 6.42 Å². The maximum atomic E-state index is 12.6. The molecule has 31 heavy (non-hydrogen) atoms. The number of carbonyl (C=O) groups is 1. The van der Waals surface area contributed by atoms with Crippen LogP contribution in [-0.2, 0) is 14.8 Å². The molecule has 1 amide bonds. The highest BCUT2D eigenvalue weighted by molar-refractivity contribution is 7.89. The second-order valence-corrected chi connectivity index (χ2v) is 9.01. The Labute approximate surface area is 182 Å². The number of aromatic nitrogens is 2. The van der Waals surface area contributed by atoms with Crippen molar-refractivity contribution < 1.29 is 22.7 Å². The maximum absolute atomic E-state index is 12.6. The van der Waals surface area contributed by atoms with Crippen LogP contribution in [0.25, 0.3) is 0 Å². The van der Waals surface area contributed by atoms with Crippen molar-refractivity contribution in [3.63, 3.8) is 0 Å². The smallest absolute Gasteiger partial charge is 0.257 e. The number of benzene rings is 1. The molecule has 0 aliphatic carbocycles. The molecule has 168 valence electrons. The molecule has 3 rings (SSSR count). The van der Waals surface area contributed by atoms with Crippen molar-refractivity contribution in [2.45, 2.75) is 6.42 Å². The summed E-state index contributed by atoms with van der Waals surface area (Å²) in [4.78, 5) is 22.3. The van der Waals surface area contributed by atoms with E-state index in [-0.39, 0.29) is 24.8 Å². The number of ether oxygens (including phenoxy) is 2. The van der Waals surface area contributed by atoms with E-state index in [1.54, 1.807) is 49.8 Å². The molecular weight excluding hydrogens is 422 g/mol. The van der Waals surface area contributed by atoms with Gasteiger partial charge in [-0.1, -0.05) is 6.07 Å². The second-order valence-electron chi connectivity index (χ2n) is 6.92. The van der Waals surface area contributed by atoms with Crippen LogP contribution in [0.15, 0.2) is 42.7 Å². The third-order valence-electron chi connectivity index (χ3n) is 4.78. The van der Waals surface area contributed by atoms with Gasteiger partial charge in [0.1, 0.15) is 11.5 Å². The van der Waals surface area contributed by atoms with Gasteiger partial charge in [-0.3, -0.25) is 4.79 Å². The molecular formula is C20H27N5O5S. The largest absolute Gasteiger partial charge is 0.497 e. The van der Waals surface area contributed by atoms with E-state index in [1.807, 2.05) is 4.90 Å². The minimum atomic E-state index is -3.38. The number of sulfonamides is 1. The van der Waals surface area contributed by atoms with Gasteiger partial charge >= 0.3 is 0 Å². The van der Waals surface area contributed by atoms with E-state index in [2.05, 4.69) is 15.3 Å². The highest BCUT2D eigenvalue weighted by Gasteiger charge is 2.27. The highest BCUT2D eigenvalue weighted by Crippen LogP contribution is 2.18. The van der Waals surface area contributed by atoms with Crippen LogP contribution >= 0.6 is 0 Å². The third kappa shape index (κ3) is 6.79. The molecule has 0 unspecified atom stereocenters. The Balaban J connectivity index is 1.34. The van der Waals surface area contributed by atoms with Gasteiger partial charge in [-0.2, -0.15) is 4.31 Å². The summed E-state index contributed by atoms with van der Waals surface area (Å²) in [7, 11) is -1.83. The number of carbonyl (C=O) groups excluding carboxylic acids is 1. The van der Waals surface area contributed by atoms with E-state index >= 15 is 0 Å². The normalized spacial score (nSPS) is 14.8. The number of nitrogens with one attached hydrogen (secondary N) is 1. The molecule has 11 heteroatoms. The van der Waals surface area contributed by atoms with Crippen molar-refractivity contribution in [1.29, 1.82) is 0 Å². The summed E-state index contributed by atoms with van der Waals surface area (Å²) in [6.45, 7) is 1.98. The number of piperazine rings is 1. The molecule has 1 aliphatic rings. The first-order valence-electron chi connectivity index (χ1n) is 10.0. The van der Waals surface area contributed by atoms with Crippen LogP contribution < -0.4 is 19.7 Å². The molecule has 0 radical (unpaired) electrons. The molecule has 0 atom stereocenters. The summed E-state index contributed by atoms with van der Waals surface area (Å²) >= 11 is 0. The molecule has 0 bridgehead atoms. The molecule has 2 heterocycles. The zero-order chi connectivity index (χ0) is 22.1.